The van der Waals surface area contributed by atoms with Crippen LogP contribution in [-0.2, 0) is 32.9 Å². The van der Waals surface area contributed by atoms with Gasteiger partial charge in [0.1, 0.15) is 0 Å². The summed E-state index contributed by atoms with van der Waals surface area (Å²) in [6.45, 7) is 1.60. The van der Waals surface area contributed by atoms with E-state index < -0.39 is 33.7 Å². The van der Waals surface area contributed by atoms with Crippen molar-refractivity contribution >= 4 is 15.4 Å². The first-order valence-corrected chi connectivity index (χ1v) is 14.4. The van der Waals surface area contributed by atoms with Gasteiger partial charge in [0.15, 0.2) is 0 Å². The van der Waals surface area contributed by atoms with Gasteiger partial charge in [-0.05, 0) is 54.7 Å². The van der Waals surface area contributed by atoms with Crippen molar-refractivity contribution in [2.24, 2.45) is 11.7 Å². The molecule has 0 radical (unpaired) electrons. The van der Waals surface area contributed by atoms with Crippen molar-refractivity contribution in [2.75, 3.05) is 12.8 Å². The van der Waals surface area contributed by atoms with E-state index in [1.807, 2.05) is 0 Å². The van der Waals surface area contributed by atoms with Crippen molar-refractivity contribution in [3.8, 4) is 0 Å². The Morgan fingerprint density at radius 3 is 2.39 bits per heavy atom. The fraction of sp³-hybridized carbons (Fsp3) is 0.714. The predicted molar refractivity (Wildman–Crippen MR) is 121 cm³/mol. The Morgan fingerprint density at radius 1 is 1.06 bits per heavy atom. The molecule has 8 nitrogen and oxygen atoms in total. The molecule has 0 aromatic heterocycles. The zero-order valence-electron chi connectivity index (χ0n) is 18.3. The molecular formula is C21H37NO7P2. The predicted octanol–water partition coefficient (Wildman–Crippen LogP) is 3.68. The summed E-state index contributed by atoms with van der Waals surface area (Å²) in [6.07, 6.45) is 9.64. The Morgan fingerprint density at radius 2 is 1.74 bits per heavy atom. The highest BCUT2D eigenvalue weighted by atomic mass is 31.2. The molecule has 0 bridgehead atoms. The molecule has 0 saturated carbocycles. The highest BCUT2D eigenvalue weighted by Crippen LogP contribution is 2.45. The minimum atomic E-state index is -4.80. The first-order valence-electron chi connectivity index (χ1n) is 11.1. The summed E-state index contributed by atoms with van der Waals surface area (Å²) in [6, 6.07) is 6.36. The summed E-state index contributed by atoms with van der Waals surface area (Å²) >= 11 is 0. The number of aryl methyl sites for hydroxylation is 2. The van der Waals surface area contributed by atoms with E-state index >= 15 is 0 Å². The van der Waals surface area contributed by atoms with Crippen LogP contribution < -0.4 is 5.73 Å². The minimum Gasteiger partial charge on any atom is -0.324 e. The number of fused-ring (bicyclic) bond motifs is 1. The number of rotatable bonds is 13. The van der Waals surface area contributed by atoms with Gasteiger partial charge < -0.3 is 25.3 Å². The second-order valence-corrected chi connectivity index (χ2v) is 11.8. The number of unbranched alkanes of at least 4 members (excludes halogenated alkanes) is 5. The Bertz CT molecular complexity index is 807. The number of phosphoric ester groups is 1. The van der Waals surface area contributed by atoms with Crippen molar-refractivity contribution in [3.05, 3.63) is 34.9 Å². The van der Waals surface area contributed by atoms with Crippen LogP contribution in [0.15, 0.2) is 18.2 Å². The Hall–Kier alpha value is -0.560. The van der Waals surface area contributed by atoms with E-state index in [0.717, 1.165) is 12.0 Å². The monoisotopic (exact) mass is 477 g/mol. The van der Waals surface area contributed by atoms with E-state index in [9.17, 15) is 18.9 Å². The molecule has 2 atom stereocenters. The van der Waals surface area contributed by atoms with Gasteiger partial charge in [-0.15, -0.1) is 0 Å². The first-order chi connectivity index (χ1) is 14.4. The van der Waals surface area contributed by atoms with Crippen LogP contribution in [0, 0.1) is 5.92 Å². The largest absolute Gasteiger partial charge is 0.469 e. The second-order valence-electron chi connectivity index (χ2n) is 8.88. The van der Waals surface area contributed by atoms with E-state index in [1.165, 1.54) is 49.7 Å². The third-order valence-electron chi connectivity index (χ3n) is 6.13. The lowest BCUT2D eigenvalue weighted by molar-refractivity contribution is 0.119. The minimum absolute atomic E-state index is 0.358. The number of benzene rings is 1. The van der Waals surface area contributed by atoms with Crippen molar-refractivity contribution in [1.82, 2.24) is 0 Å². The summed E-state index contributed by atoms with van der Waals surface area (Å²) < 4.78 is 27.4. The maximum Gasteiger partial charge on any atom is 0.469 e. The molecule has 2 rings (SSSR count). The van der Waals surface area contributed by atoms with Gasteiger partial charge in [-0.1, -0.05) is 57.2 Å². The van der Waals surface area contributed by atoms with E-state index in [4.69, 9.17) is 15.5 Å². The summed E-state index contributed by atoms with van der Waals surface area (Å²) in [5, 5.41) is 0. The summed E-state index contributed by atoms with van der Waals surface area (Å²) in [5.74, 6) is -0.358. The molecule has 6 N–H and O–H groups in total. The molecule has 10 heteroatoms. The molecule has 0 fully saturated rings. The maximum absolute atomic E-state index is 11.7. The highest BCUT2D eigenvalue weighted by molar-refractivity contribution is 7.51. The van der Waals surface area contributed by atoms with E-state index in [0.29, 0.717) is 19.3 Å². The van der Waals surface area contributed by atoms with Gasteiger partial charge >= 0.3 is 15.4 Å². The maximum atomic E-state index is 11.7. The molecule has 0 heterocycles. The van der Waals surface area contributed by atoms with Crippen LogP contribution in [0.4, 0.5) is 0 Å². The SMILES string of the molecule is CCCCCCCCc1ccc2c(c1)CCC(C(N)(COP(=O)(O)O)CP(=O)(O)O)C2. The first kappa shape index (κ1) is 26.7. The molecular weight excluding hydrogens is 440 g/mol. The molecule has 1 aliphatic rings. The zero-order chi connectivity index (χ0) is 23.1. The lowest BCUT2D eigenvalue weighted by Gasteiger charge is -2.40. The average molecular weight is 477 g/mol. The Balaban J connectivity index is 2.03. The van der Waals surface area contributed by atoms with Crippen molar-refractivity contribution in [3.63, 3.8) is 0 Å². The van der Waals surface area contributed by atoms with Gasteiger partial charge in [-0.3, -0.25) is 9.09 Å². The van der Waals surface area contributed by atoms with Gasteiger partial charge in [-0.25, -0.2) is 4.57 Å². The normalized spacial score (nSPS) is 19.1. The van der Waals surface area contributed by atoms with Crippen LogP contribution in [0.1, 0.15) is 68.6 Å². The van der Waals surface area contributed by atoms with Crippen molar-refractivity contribution in [1.29, 1.82) is 0 Å². The van der Waals surface area contributed by atoms with Gasteiger partial charge in [0.25, 0.3) is 0 Å². The van der Waals surface area contributed by atoms with Gasteiger partial charge in [0.05, 0.1) is 18.3 Å². The quantitative estimate of drug-likeness (QED) is 0.213. The molecule has 0 amide bonds. The Labute approximate surface area is 185 Å². The van der Waals surface area contributed by atoms with Crippen molar-refractivity contribution < 1.29 is 33.2 Å². The molecule has 1 aromatic carbocycles. The lowest BCUT2D eigenvalue weighted by Crippen LogP contribution is -2.55. The summed E-state index contributed by atoms with van der Waals surface area (Å²) in [5.41, 5.74) is 8.36. The average Bonchev–Trinajstić information content (AvgIpc) is 2.67. The van der Waals surface area contributed by atoms with Gasteiger partial charge in [0.2, 0.25) is 0 Å². The van der Waals surface area contributed by atoms with E-state index in [-0.39, 0.29) is 5.92 Å². The molecule has 1 aromatic rings. The van der Waals surface area contributed by atoms with Gasteiger partial charge in [-0.2, -0.15) is 0 Å². The fourth-order valence-corrected chi connectivity index (χ4v) is 5.97. The molecule has 178 valence electrons. The molecule has 2 unspecified atom stereocenters. The summed E-state index contributed by atoms with van der Waals surface area (Å²) in [7, 11) is -9.31. The number of hydrogen-bond acceptors (Lipinski definition) is 4. The molecule has 31 heavy (non-hydrogen) atoms. The number of hydrogen-bond donors (Lipinski definition) is 5. The molecule has 0 saturated heterocycles. The summed E-state index contributed by atoms with van der Waals surface area (Å²) in [4.78, 5) is 37.0. The standard InChI is InChI=1S/C21H37NO7P2/c1-2-3-4-5-6-7-8-17-9-10-19-14-20(12-11-18(19)13-17)21(22,16-30(23,24)25)15-29-31(26,27)28/h9-10,13,20H,2-8,11-12,14-16,22H2,1H3,(H2,23,24,25)(H2,26,27,28). The topological polar surface area (TPSA) is 150 Å². The lowest BCUT2D eigenvalue weighted by atomic mass is 9.73. The molecule has 0 spiro atoms. The second kappa shape index (κ2) is 11.5. The Kier molecular flexibility index (Phi) is 9.93. The van der Waals surface area contributed by atoms with Crippen LogP contribution in [0.25, 0.3) is 0 Å². The molecule has 0 aliphatic heterocycles. The van der Waals surface area contributed by atoms with E-state index in [1.54, 1.807) is 0 Å². The smallest absolute Gasteiger partial charge is 0.324 e. The highest BCUT2D eigenvalue weighted by Gasteiger charge is 2.43. The third-order valence-corrected chi connectivity index (χ3v) is 7.60. The third kappa shape index (κ3) is 9.45. The van der Waals surface area contributed by atoms with Crippen LogP contribution in [0.5, 0.6) is 0 Å². The van der Waals surface area contributed by atoms with Crippen LogP contribution in [0.3, 0.4) is 0 Å². The number of phosphoric acid groups is 1. The van der Waals surface area contributed by atoms with Crippen LogP contribution in [-0.4, -0.2) is 37.9 Å². The van der Waals surface area contributed by atoms with Crippen molar-refractivity contribution in [2.45, 2.75) is 76.7 Å². The van der Waals surface area contributed by atoms with Crippen LogP contribution >= 0.6 is 15.4 Å². The fourth-order valence-electron chi connectivity index (χ4n) is 4.44. The number of nitrogens with two attached hydrogens (primary N) is 1. The van der Waals surface area contributed by atoms with E-state index in [2.05, 4.69) is 29.6 Å². The zero-order valence-corrected chi connectivity index (χ0v) is 20.1. The van der Waals surface area contributed by atoms with Gasteiger partial charge in [0, 0.05) is 0 Å². The van der Waals surface area contributed by atoms with Crippen LogP contribution in [0.2, 0.25) is 0 Å². The molecule has 1 aliphatic carbocycles.